The van der Waals surface area contributed by atoms with Crippen molar-refractivity contribution in [2.75, 3.05) is 26.2 Å². The first kappa shape index (κ1) is 26.3. The third-order valence-electron chi connectivity index (χ3n) is 6.83. The minimum atomic E-state index is -4.45. The van der Waals surface area contributed by atoms with Gasteiger partial charge in [0.25, 0.3) is 0 Å². The molecule has 0 spiro atoms. The monoisotopic (exact) mass is 474 g/mol. The molecule has 0 radical (unpaired) electrons. The molecule has 186 valence electrons. The summed E-state index contributed by atoms with van der Waals surface area (Å²) >= 11 is 0. The zero-order valence-corrected chi connectivity index (χ0v) is 20.4. The summed E-state index contributed by atoms with van der Waals surface area (Å²) < 4.78 is 39.0. The summed E-state index contributed by atoms with van der Waals surface area (Å²) in [5, 5.41) is 2.22. The van der Waals surface area contributed by atoms with Crippen LogP contribution in [0.5, 0.6) is 0 Å². The van der Waals surface area contributed by atoms with E-state index in [0.717, 1.165) is 80.4 Å². The highest BCUT2D eigenvalue weighted by Crippen LogP contribution is 2.51. The van der Waals surface area contributed by atoms with Crippen LogP contribution in [0.25, 0.3) is 11.1 Å². The van der Waals surface area contributed by atoms with E-state index >= 15 is 0 Å². The van der Waals surface area contributed by atoms with E-state index in [1.165, 1.54) is 0 Å². The predicted molar refractivity (Wildman–Crippen MR) is 132 cm³/mol. The van der Waals surface area contributed by atoms with Crippen molar-refractivity contribution in [2.45, 2.75) is 70.4 Å². The number of hydrogen-bond acceptors (Lipinski definition) is 2. The Labute approximate surface area is 201 Å². The van der Waals surface area contributed by atoms with Crippen LogP contribution in [0.4, 0.5) is 13.2 Å². The fourth-order valence-corrected chi connectivity index (χ4v) is 5.11. The van der Waals surface area contributed by atoms with Gasteiger partial charge in [-0.1, -0.05) is 81.6 Å². The summed E-state index contributed by atoms with van der Waals surface area (Å²) in [6.45, 7) is 6.15. The maximum atomic E-state index is 13.5. The number of carbonyl (C=O) groups is 1. The van der Waals surface area contributed by atoms with Crippen LogP contribution in [0.15, 0.2) is 48.5 Å². The number of fused-ring (bicyclic) bond motifs is 3. The smallest absolute Gasteiger partial charge is 0.346 e. The number of nitrogens with zero attached hydrogens (tertiary/aromatic N) is 1. The average molecular weight is 475 g/mol. The van der Waals surface area contributed by atoms with Gasteiger partial charge in [0, 0.05) is 0 Å². The van der Waals surface area contributed by atoms with E-state index < -0.39 is 24.0 Å². The number of unbranched alkanes of at least 4 members (excludes halogenated alkanes) is 3. The van der Waals surface area contributed by atoms with Gasteiger partial charge in [-0.05, 0) is 67.6 Å². The van der Waals surface area contributed by atoms with Gasteiger partial charge in [-0.2, -0.15) is 13.2 Å². The Bertz CT molecular complexity index is 888. The molecule has 0 saturated heterocycles. The first-order valence-electron chi connectivity index (χ1n) is 12.6. The minimum absolute atomic E-state index is 0.486. The third-order valence-corrected chi connectivity index (χ3v) is 6.83. The molecule has 0 aromatic heterocycles. The normalized spacial score (nSPS) is 14.2. The highest BCUT2D eigenvalue weighted by molar-refractivity contribution is 6.00. The molecule has 0 fully saturated rings. The van der Waals surface area contributed by atoms with E-state index in [9.17, 15) is 18.0 Å². The number of rotatable bonds is 13. The lowest BCUT2D eigenvalue weighted by molar-refractivity contribution is -0.141. The lowest BCUT2D eigenvalue weighted by Gasteiger charge is -2.31. The van der Waals surface area contributed by atoms with Crippen molar-refractivity contribution < 1.29 is 18.0 Å². The highest BCUT2D eigenvalue weighted by atomic mass is 19.4. The van der Waals surface area contributed by atoms with Crippen molar-refractivity contribution >= 4 is 5.91 Å². The molecule has 1 aliphatic carbocycles. The molecule has 0 aliphatic heterocycles. The fraction of sp³-hybridized carbons (Fsp3) is 0.536. The van der Waals surface area contributed by atoms with Crippen molar-refractivity contribution in [1.82, 2.24) is 10.2 Å². The van der Waals surface area contributed by atoms with E-state index in [2.05, 4.69) is 24.1 Å². The van der Waals surface area contributed by atoms with Gasteiger partial charge in [-0.15, -0.1) is 0 Å². The van der Waals surface area contributed by atoms with Crippen LogP contribution in [-0.4, -0.2) is 43.2 Å². The maximum absolute atomic E-state index is 13.5. The summed E-state index contributed by atoms with van der Waals surface area (Å²) in [6.07, 6.45) is 2.33. The number of amides is 1. The third kappa shape index (κ3) is 6.01. The standard InChI is InChI=1S/C28H37F3N2O/c1-3-5-18-33(19-6-4-2)20-12-11-17-27(26(34)32-21-28(29,30)31)24-15-9-7-13-22(24)23-14-8-10-16-25(23)27/h7-10,13-16H,3-6,11-12,17-21H2,1-2H3,(H,32,34). The Balaban J connectivity index is 1.84. The largest absolute Gasteiger partial charge is 0.405 e. The molecule has 0 atom stereocenters. The highest BCUT2D eigenvalue weighted by Gasteiger charge is 2.49. The zero-order valence-electron chi connectivity index (χ0n) is 20.4. The topological polar surface area (TPSA) is 32.3 Å². The molecule has 1 N–H and O–H groups in total. The summed E-state index contributed by atoms with van der Waals surface area (Å²) in [4.78, 5) is 16.0. The number of alkyl halides is 3. The van der Waals surface area contributed by atoms with Crippen LogP contribution in [0.3, 0.4) is 0 Å². The van der Waals surface area contributed by atoms with E-state index in [1.807, 2.05) is 48.5 Å². The molecular weight excluding hydrogens is 437 g/mol. The van der Waals surface area contributed by atoms with Crippen molar-refractivity contribution in [3.05, 3.63) is 59.7 Å². The van der Waals surface area contributed by atoms with Gasteiger partial charge in [-0.3, -0.25) is 4.79 Å². The number of benzene rings is 2. The lowest BCUT2D eigenvalue weighted by atomic mass is 9.73. The second kappa shape index (κ2) is 11.9. The first-order chi connectivity index (χ1) is 16.3. The van der Waals surface area contributed by atoms with Crippen LogP contribution in [0, 0.1) is 0 Å². The number of hydrogen-bond donors (Lipinski definition) is 1. The van der Waals surface area contributed by atoms with E-state index in [-0.39, 0.29) is 0 Å². The van der Waals surface area contributed by atoms with Crippen molar-refractivity contribution in [2.24, 2.45) is 0 Å². The van der Waals surface area contributed by atoms with Crippen molar-refractivity contribution in [3.63, 3.8) is 0 Å². The molecule has 1 amide bonds. The Hall–Kier alpha value is -2.34. The fourth-order valence-electron chi connectivity index (χ4n) is 5.11. The summed E-state index contributed by atoms with van der Waals surface area (Å²) in [6, 6.07) is 15.3. The predicted octanol–water partition coefficient (Wildman–Crippen LogP) is 6.70. The summed E-state index contributed by atoms with van der Waals surface area (Å²) in [5.41, 5.74) is 2.39. The molecule has 3 nitrogen and oxygen atoms in total. The van der Waals surface area contributed by atoms with Gasteiger partial charge >= 0.3 is 6.18 Å². The summed E-state index contributed by atoms with van der Waals surface area (Å²) in [7, 11) is 0. The Morgan fingerprint density at radius 3 is 1.82 bits per heavy atom. The maximum Gasteiger partial charge on any atom is 0.405 e. The Kier molecular flexibility index (Phi) is 9.17. The molecule has 0 unspecified atom stereocenters. The molecule has 2 aromatic rings. The van der Waals surface area contributed by atoms with Gasteiger partial charge in [0.1, 0.15) is 12.0 Å². The number of halogens is 3. The lowest BCUT2D eigenvalue weighted by Crippen LogP contribution is -2.47. The number of nitrogens with one attached hydrogen (secondary N) is 1. The molecule has 0 bridgehead atoms. The molecule has 0 saturated carbocycles. The SMILES string of the molecule is CCCCN(CCCC)CCCCC1(C(=O)NCC(F)(F)F)c2ccccc2-c2ccccc21. The first-order valence-corrected chi connectivity index (χ1v) is 12.6. The summed E-state index contributed by atoms with van der Waals surface area (Å²) in [5.74, 6) is -0.559. The van der Waals surface area contributed by atoms with Gasteiger partial charge in [0.05, 0.1) is 0 Å². The van der Waals surface area contributed by atoms with Gasteiger partial charge in [0.2, 0.25) is 5.91 Å². The second-order valence-electron chi connectivity index (χ2n) is 9.30. The molecular formula is C28H37F3N2O. The zero-order chi connectivity index (χ0) is 24.6. The van der Waals surface area contributed by atoms with Crippen LogP contribution >= 0.6 is 0 Å². The molecule has 3 rings (SSSR count). The Morgan fingerprint density at radius 2 is 1.32 bits per heavy atom. The van der Waals surface area contributed by atoms with E-state index in [0.29, 0.717) is 6.42 Å². The minimum Gasteiger partial charge on any atom is -0.346 e. The van der Waals surface area contributed by atoms with E-state index in [4.69, 9.17) is 0 Å². The van der Waals surface area contributed by atoms with Gasteiger partial charge < -0.3 is 10.2 Å². The van der Waals surface area contributed by atoms with Gasteiger partial charge in [0.15, 0.2) is 0 Å². The van der Waals surface area contributed by atoms with Gasteiger partial charge in [-0.25, -0.2) is 0 Å². The van der Waals surface area contributed by atoms with Crippen LogP contribution in [-0.2, 0) is 10.2 Å². The van der Waals surface area contributed by atoms with E-state index in [1.54, 1.807) is 0 Å². The second-order valence-corrected chi connectivity index (χ2v) is 9.30. The quantitative estimate of drug-likeness (QED) is 0.328. The molecule has 34 heavy (non-hydrogen) atoms. The molecule has 2 aromatic carbocycles. The van der Waals surface area contributed by atoms with Crippen LogP contribution < -0.4 is 5.32 Å². The molecule has 0 heterocycles. The number of carbonyl (C=O) groups excluding carboxylic acids is 1. The van der Waals surface area contributed by atoms with Crippen LogP contribution in [0.2, 0.25) is 0 Å². The molecule has 6 heteroatoms. The van der Waals surface area contributed by atoms with Crippen LogP contribution in [0.1, 0.15) is 69.9 Å². The average Bonchev–Trinajstić information content (AvgIpc) is 3.12. The molecule has 1 aliphatic rings. The van der Waals surface area contributed by atoms with Crippen molar-refractivity contribution in [1.29, 1.82) is 0 Å². The van der Waals surface area contributed by atoms with Crippen molar-refractivity contribution in [3.8, 4) is 11.1 Å². The Morgan fingerprint density at radius 1 is 0.824 bits per heavy atom.